The zero-order chi connectivity index (χ0) is 11.5. The van der Waals surface area contributed by atoms with Crippen LogP contribution in [0.25, 0.3) is 10.8 Å². The number of nitrogens with one attached hydrogen (secondary N) is 1. The lowest BCUT2D eigenvalue weighted by Gasteiger charge is -2.16. The van der Waals surface area contributed by atoms with Gasteiger partial charge in [-0.1, -0.05) is 31.2 Å². The fraction of sp³-hybridized carbons (Fsp3) is 0.286. The predicted octanol–water partition coefficient (Wildman–Crippen LogP) is 3.63. The highest BCUT2D eigenvalue weighted by Crippen LogP contribution is 2.28. The zero-order valence-corrected chi connectivity index (χ0v) is 9.83. The molecule has 0 fully saturated rings. The maximum atomic E-state index is 5.96. The maximum Gasteiger partial charge on any atom is 0.0423 e. The van der Waals surface area contributed by atoms with Gasteiger partial charge in [-0.25, -0.2) is 0 Å². The molecule has 2 nitrogen and oxygen atoms in total. The molecule has 2 aromatic rings. The van der Waals surface area contributed by atoms with E-state index < -0.39 is 0 Å². The van der Waals surface area contributed by atoms with Gasteiger partial charge >= 0.3 is 0 Å². The lowest BCUT2D eigenvalue weighted by atomic mass is 10.1. The topological polar surface area (TPSA) is 38.0 Å². The summed E-state index contributed by atoms with van der Waals surface area (Å²) in [5.74, 6) is 0. The first-order valence-corrected chi connectivity index (χ1v) is 5.76. The van der Waals surface area contributed by atoms with E-state index in [2.05, 4.69) is 37.4 Å². The molecule has 0 heterocycles. The fourth-order valence-electron chi connectivity index (χ4n) is 1.82. The van der Waals surface area contributed by atoms with E-state index in [-0.39, 0.29) is 0 Å². The molecule has 1 unspecified atom stereocenters. The molecule has 84 valence electrons. The Morgan fingerprint density at radius 3 is 2.50 bits per heavy atom. The van der Waals surface area contributed by atoms with Crippen LogP contribution in [0.3, 0.4) is 0 Å². The summed E-state index contributed by atoms with van der Waals surface area (Å²) in [5, 5.41) is 5.82. The van der Waals surface area contributed by atoms with Gasteiger partial charge in [-0.3, -0.25) is 0 Å². The Morgan fingerprint density at radius 1 is 1.12 bits per heavy atom. The lowest BCUT2D eigenvalue weighted by molar-refractivity contribution is 0.765. The van der Waals surface area contributed by atoms with Gasteiger partial charge in [-0.05, 0) is 25.5 Å². The largest absolute Gasteiger partial charge is 0.398 e. The molecule has 0 aliphatic rings. The van der Waals surface area contributed by atoms with Gasteiger partial charge in [0.15, 0.2) is 0 Å². The van der Waals surface area contributed by atoms with Crippen LogP contribution in [-0.2, 0) is 0 Å². The molecule has 0 aromatic heterocycles. The van der Waals surface area contributed by atoms with Crippen LogP contribution in [0.2, 0.25) is 0 Å². The summed E-state index contributed by atoms with van der Waals surface area (Å²) in [7, 11) is 0. The Hall–Kier alpha value is -1.70. The van der Waals surface area contributed by atoms with Gasteiger partial charge in [-0.2, -0.15) is 0 Å². The second kappa shape index (κ2) is 4.44. The minimum Gasteiger partial charge on any atom is -0.398 e. The van der Waals surface area contributed by atoms with Crippen molar-refractivity contribution in [2.45, 2.75) is 26.3 Å². The molecule has 2 heteroatoms. The number of benzene rings is 2. The molecule has 2 rings (SSSR count). The van der Waals surface area contributed by atoms with Crippen LogP contribution >= 0.6 is 0 Å². The molecule has 2 aromatic carbocycles. The first-order valence-electron chi connectivity index (χ1n) is 5.76. The highest BCUT2D eigenvalue weighted by atomic mass is 14.9. The van der Waals surface area contributed by atoms with E-state index in [0.29, 0.717) is 6.04 Å². The molecule has 0 bridgehead atoms. The molecule has 0 spiro atoms. The van der Waals surface area contributed by atoms with E-state index in [1.54, 1.807) is 0 Å². The van der Waals surface area contributed by atoms with Crippen molar-refractivity contribution in [3.8, 4) is 0 Å². The average molecular weight is 214 g/mol. The first-order chi connectivity index (χ1) is 7.72. The lowest BCUT2D eigenvalue weighted by Crippen LogP contribution is -2.13. The van der Waals surface area contributed by atoms with Crippen molar-refractivity contribution in [3.05, 3.63) is 36.4 Å². The monoisotopic (exact) mass is 214 g/mol. The summed E-state index contributed by atoms with van der Waals surface area (Å²) >= 11 is 0. The van der Waals surface area contributed by atoms with Gasteiger partial charge in [0, 0.05) is 28.2 Å². The molecule has 0 aliphatic carbocycles. The van der Waals surface area contributed by atoms with E-state index in [1.807, 2.05) is 18.2 Å². The molecular weight excluding hydrogens is 196 g/mol. The zero-order valence-electron chi connectivity index (χ0n) is 9.83. The number of hydrogen-bond acceptors (Lipinski definition) is 2. The Balaban J connectivity index is 2.50. The predicted molar refractivity (Wildman–Crippen MR) is 71.7 cm³/mol. The van der Waals surface area contributed by atoms with E-state index in [1.165, 1.54) is 11.1 Å². The third-order valence-corrected chi connectivity index (χ3v) is 2.97. The third-order valence-electron chi connectivity index (χ3n) is 2.97. The molecule has 0 aliphatic heterocycles. The van der Waals surface area contributed by atoms with Crippen LogP contribution in [0.1, 0.15) is 20.3 Å². The number of nitrogens with two attached hydrogens (primary N) is 1. The Morgan fingerprint density at radius 2 is 1.81 bits per heavy atom. The minimum atomic E-state index is 0.479. The van der Waals surface area contributed by atoms with Crippen molar-refractivity contribution in [1.82, 2.24) is 0 Å². The number of anilines is 2. The minimum absolute atomic E-state index is 0.479. The SMILES string of the molecule is CCC(C)Nc1ccc(N)c2ccccc12. The summed E-state index contributed by atoms with van der Waals surface area (Å²) < 4.78 is 0. The second-order valence-corrected chi connectivity index (χ2v) is 4.20. The van der Waals surface area contributed by atoms with Gasteiger partial charge in [0.05, 0.1) is 0 Å². The van der Waals surface area contributed by atoms with Gasteiger partial charge in [0.2, 0.25) is 0 Å². The Bertz CT molecular complexity index is 491. The van der Waals surface area contributed by atoms with Crippen LogP contribution in [0.4, 0.5) is 11.4 Å². The Labute approximate surface area is 96.5 Å². The van der Waals surface area contributed by atoms with E-state index >= 15 is 0 Å². The number of hydrogen-bond donors (Lipinski definition) is 2. The van der Waals surface area contributed by atoms with Gasteiger partial charge in [-0.15, -0.1) is 0 Å². The summed E-state index contributed by atoms with van der Waals surface area (Å²) in [6.45, 7) is 4.36. The molecule has 1 atom stereocenters. The summed E-state index contributed by atoms with van der Waals surface area (Å²) in [4.78, 5) is 0. The molecule has 0 saturated heterocycles. The third kappa shape index (κ3) is 1.96. The summed E-state index contributed by atoms with van der Waals surface area (Å²) in [6.07, 6.45) is 1.11. The van der Waals surface area contributed by atoms with Crippen LogP contribution < -0.4 is 11.1 Å². The molecule has 0 radical (unpaired) electrons. The van der Waals surface area contributed by atoms with Crippen molar-refractivity contribution >= 4 is 22.1 Å². The van der Waals surface area contributed by atoms with Gasteiger partial charge < -0.3 is 11.1 Å². The van der Waals surface area contributed by atoms with Gasteiger partial charge in [0.25, 0.3) is 0 Å². The first kappa shape index (κ1) is 10.8. The maximum absolute atomic E-state index is 5.96. The van der Waals surface area contributed by atoms with Gasteiger partial charge in [0.1, 0.15) is 0 Å². The second-order valence-electron chi connectivity index (χ2n) is 4.20. The average Bonchev–Trinajstić information content (AvgIpc) is 2.33. The van der Waals surface area contributed by atoms with E-state index in [9.17, 15) is 0 Å². The van der Waals surface area contributed by atoms with Crippen LogP contribution in [0, 0.1) is 0 Å². The highest BCUT2D eigenvalue weighted by molar-refractivity contribution is 6.01. The van der Waals surface area contributed by atoms with Crippen molar-refractivity contribution in [2.24, 2.45) is 0 Å². The van der Waals surface area contributed by atoms with Crippen molar-refractivity contribution in [2.75, 3.05) is 11.1 Å². The number of rotatable bonds is 3. The van der Waals surface area contributed by atoms with Crippen molar-refractivity contribution < 1.29 is 0 Å². The molecule has 0 amide bonds. The number of nitrogen functional groups attached to an aromatic ring is 1. The Kier molecular flexibility index (Phi) is 3.00. The van der Waals surface area contributed by atoms with Crippen molar-refractivity contribution in [1.29, 1.82) is 0 Å². The normalized spacial score (nSPS) is 12.6. The van der Waals surface area contributed by atoms with E-state index in [4.69, 9.17) is 5.73 Å². The smallest absolute Gasteiger partial charge is 0.0423 e. The van der Waals surface area contributed by atoms with Crippen LogP contribution in [0.5, 0.6) is 0 Å². The molecule has 16 heavy (non-hydrogen) atoms. The van der Waals surface area contributed by atoms with Crippen molar-refractivity contribution in [3.63, 3.8) is 0 Å². The number of fused-ring (bicyclic) bond motifs is 1. The van der Waals surface area contributed by atoms with Crippen LogP contribution in [0.15, 0.2) is 36.4 Å². The summed E-state index contributed by atoms with van der Waals surface area (Å²) in [5.41, 5.74) is 7.96. The quantitative estimate of drug-likeness (QED) is 0.766. The highest BCUT2D eigenvalue weighted by Gasteiger charge is 2.05. The standard InChI is InChI=1S/C14H18N2/c1-3-10(2)16-14-9-8-13(15)11-6-4-5-7-12(11)14/h4-10,16H,3,15H2,1-2H3. The van der Waals surface area contributed by atoms with Crippen LogP contribution in [-0.4, -0.2) is 6.04 Å². The fourth-order valence-corrected chi connectivity index (χ4v) is 1.82. The molecular formula is C14H18N2. The summed E-state index contributed by atoms with van der Waals surface area (Å²) in [6, 6.07) is 12.7. The molecule has 3 N–H and O–H groups in total. The van der Waals surface area contributed by atoms with E-state index in [0.717, 1.165) is 17.5 Å². The molecule has 0 saturated carbocycles.